The van der Waals surface area contributed by atoms with Gasteiger partial charge in [0.05, 0.1) is 13.3 Å². The summed E-state index contributed by atoms with van der Waals surface area (Å²) in [5.74, 6) is 6.73. The van der Waals surface area contributed by atoms with Gasteiger partial charge in [-0.25, -0.2) is 4.98 Å². The number of nitrogen functional groups attached to an aromatic ring is 1. The maximum absolute atomic E-state index is 11.8. The molecule has 3 N–H and O–H groups in total. The summed E-state index contributed by atoms with van der Waals surface area (Å²) in [6.07, 6.45) is 3.14. The fourth-order valence-corrected chi connectivity index (χ4v) is 3.07. The standard InChI is InChI=1S/C19H28N4O3S/c1-12(2)14-9-13(3)15(25-4)10-16(14)26-17-11-22-19(20)23-18(17)21-7-8-27(5,6)24/h9-12H,5,7-8H2,1-4,6H3,(H3,20,21,22,23). The van der Waals surface area contributed by atoms with Gasteiger partial charge in [-0.1, -0.05) is 13.8 Å². The molecule has 2 rings (SSSR count). The summed E-state index contributed by atoms with van der Waals surface area (Å²) < 4.78 is 23.3. The molecule has 7 nitrogen and oxygen atoms in total. The minimum atomic E-state index is -2.10. The van der Waals surface area contributed by atoms with Crippen molar-refractivity contribution in [3.05, 3.63) is 29.5 Å². The number of nitrogens with one attached hydrogen (secondary N) is 1. The second-order valence-electron chi connectivity index (χ2n) is 6.87. The van der Waals surface area contributed by atoms with Crippen LogP contribution in [0.5, 0.6) is 17.2 Å². The minimum Gasteiger partial charge on any atom is -0.496 e. The highest BCUT2D eigenvalue weighted by molar-refractivity contribution is 7.99. The first kappa shape index (κ1) is 20.8. The largest absolute Gasteiger partial charge is 0.496 e. The number of anilines is 2. The maximum Gasteiger partial charge on any atom is 0.222 e. The van der Waals surface area contributed by atoms with E-state index in [9.17, 15) is 4.21 Å². The zero-order valence-corrected chi connectivity index (χ0v) is 17.4. The van der Waals surface area contributed by atoms with Gasteiger partial charge in [-0.3, -0.25) is 4.21 Å². The van der Waals surface area contributed by atoms with Crippen molar-refractivity contribution in [3.63, 3.8) is 0 Å². The van der Waals surface area contributed by atoms with Crippen LogP contribution in [0.15, 0.2) is 18.3 Å². The van der Waals surface area contributed by atoms with E-state index >= 15 is 0 Å². The van der Waals surface area contributed by atoms with Crippen LogP contribution in [0.4, 0.5) is 11.8 Å². The van der Waals surface area contributed by atoms with Crippen molar-refractivity contribution < 1.29 is 13.7 Å². The molecule has 2 aromatic rings. The monoisotopic (exact) mass is 392 g/mol. The van der Waals surface area contributed by atoms with Gasteiger partial charge >= 0.3 is 0 Å². The van der Waals surface area contributed by atoms with Gasteiger partial charge in [0, 0.05) is 24.6 Å². The average Bonchev–Trinajstić information content (AvgIpc) is 2.56. The fraction of sp³-hybridized carbons (Fsp3) is 0.421. The molecular formula is C19H28N4O3S. The van der Waals surface area contributed by atoms with E-state index in [1.54, 1.807) is 13.4 Å². The average molecular weight is 393 g/mol. The molecule has 0 amide bonds. The second kappa shape index (κ2) is 8.47. The molecule has 0 radical (unpaired) electrons. The minimum absolute atomic E-state index is 0.127. The Kier molecular flexibility index (Phi) is 6.54. The molecule has 27 heavy (non-hydrogen) atoms. The fourth-order valence-electron chi connectivity index (χ4n) is 2.54. The number of aromatic nitrogens is 2. The molecular weight excluding hydrogens is 364 g/mol. The molecule has 0 saturated heterocycles. The van der Waals surface area contributed by atoms with E-state index < -0.39 is 9.52 Å². The van der Waals surface area contributed by atoms with Crippen LogP contribution < -0.4 is 20.5 Å². The molecule has 0 spiro atoms. The Bertz CT molecular complexity index is 911. The molecule has 1 aromatic carbocycles. The van der Waals surface area contributed by atoms with E-state index in [4.69, 9.17) is 15.2 Å². The molecule has 148 valence electrons. The lowest BCUT2D eigenvalue weighted by Gasteiger charge is -2.18. The van der Waals surface area contributed by atoms with Gasteiger partial charge in [0.15, 0.2) is 11.6 Å². The third-order valence-corrected chi connectivity index (χ3v) is 5.04. The zero-order chi connectivity index (χ0) is 20.2. The number of nitrogens with zero attached hydrogens (tertiary/aromatic N) is 2. The Labute approximate surface area is 161 Å². The Hall–Kier alpha value is -2.48. The van der Waals surface area contributed by atoms with Gasteiger partial charge in [0.25, 0.3) is 0 Å². The molecule has 1 unspecified atom stereocenters. The SMILES string of the molecule is C=S(C)(=O)CCNc1nc(N)ncc1Oc1cc(OC)c(C)cc1C(C)C. The molecule has 0 saturated carbocycles. The van der Waals surface area contributed by atoms with Crippen molar-refractivity contribution in [1.29, 1.82) is 0 Å². The molecule has 1 aromatic heterocycles. The first-order valence-corrected chi connectivity index (χ1v) is 10.9. The molecule has 0 aliphatic carbocycles. The molecule has 1 atom stereocenters. The van der Waals surface area contributed by atoms with Crippen molar-refractivity contribution in [2.45, 2.75) is 26.7 Å². The number of aryl methyl sites for hydroxylation is 1. The van der Waals surface area contributed by atoms with E-state index in [0.29, 0.717) is 29.6 Å². The van der Waals surface area contributed by atoms with Gasteiger partial charge < -0.3 is 20.5 Å². The third-order valence-electron chi connectivity index (χ3n) is 3.97. The number of rotatable bonds is 8. The van der Waals surface area contributed by atoms with E-state index in [-0.39, 0.29) is 11.9 Å². The highest BCUT2D eigenvalue weighted by Crippen LogP contribution is 2.37. The Balaban J connectivity index is 2.36. The quantitative estimate of drug-likeness (QED) is 0.666. The van der Waals surface area contributed by atoms with E-state index in [2.05, 4.69) is 41.1 Å². The number of ether oxygens (including phenoxy) is 2. The van der Waals surface area contributed by atoms with Crippen LogP contribution >= 0.6 is 0 Å². The highest BCUT2D eigenvalue weighted by atomic mass is 32.2. The topological polar surface area (TPSA) is 99.4 Å². The molecule has 0 aliphatic heterocycles. The van der Waals surface area contributed by atoms with Gasteiger partial charge in [-0.2, -0.15) is 4.98 Å². The summed E-state index contributed by atoms with van der Waals surface area (Å²) >= 11 is 0. The van der Waals surface area contributed by atoms with Gasteiger partial charge in [-0.15, -0.1) is 0 Å². The lowest BCUT2D eigenvalue weighted by Crippen LogP contribution is -2.15. The van der Waals surface area contributed by atoms with Crippen molar-refractivity contribution in [2.75, 3.05) is 36.7 Å². The summed E-state index contributed by atoms with van der Waals surface area (Å²) in [6, 6.07) is 3.92. The second-order valence-corrected chi connectivity index (χ2v) is 9.65. The number of nitrogens with two attached hydrogens (primary N) is 1. The molecule has 0 bridgehead atoms. The summed E-state index contributed by atoms with van der Waals surface area (Å²) in [5, 5.41) is 3.11. The summed E-state index contributed by atoms with van der Waals surface area (Å²) in [5.41, 5.74) is 7.80. The van der Waals surface area contributed by atoms with Crippen molar-refractivity contribution >= 4 is 27.2 Å². The van der Waals surface area contributed by atoms with Crippen molar-refractivity contribution in [3.8, 4) is 17.2 Å². The number of methoxy groups -OCH3 is 1. The van der Waals surface area contributed by atoms with Crippen molar-refractivity contribution in [2.24, 2.45) is 0 Å². The van der Waals surface area contributed by atoms with Crippen LogP contribution in [0, 0.1) is 6.92 Å². The zero-order valence-electron chi connectivity index (χ0n) is 16.5. The maximum atomic E-state index is 11.8. The van der Waals surface area contributed by atoms with Crippen LogP contribution in [0.25, 0.3) is 0 Å². The van der Waals surface area contributed by atoms with Crippen LogP contribution in [0.2, 0.25) is 0 Å². The number of hydrogen-bond acceptors (Lipinski definition) is 7. The summed E-state index contributed by atoms with van der Waals surface area (Å²) in [7, 11) is -0.476. The van der Waals surface area contributed by atoms with Crippen molar-refractivity contribution in [1.82, 2.24) is 9.97 Å². The molecule has 0 aliphatic rings. The van der Waals surface area contributed by atoms with Gasteiger partial charge in [-0.05, 0) is 45.4 Å². The van der Waals surface area contributed by atoms with Crippen LogP contribution in [-0.2, 0) is 9.52 Å². The van der Waals surface area contributed by atoms with Gasteiger partial charge in [0.1, 0.15) is 11.5 Å². The van der Waals surface area contributed by atoms with E-state index in [1.165, 1.54) is 6.20 Å². The predicted molar refractivity (Wildman–Crippen MR) is 113 cm³/mol. The van der Waals surface area contributed by atoms with Crippen LogP contribution in [0.3, 0.4) is 0 Å². The van der Waals surface area contributed by atoms with E-state index in [1.807, 2.05) is 13.0 Å². The summed E-state index contributed by atoms with van der Waals surface area (Å²) in [6.45, 7) is 6.62. The van der Waals surface area contributed by atoms with Crippen LogP contribution in [-0.4, -0.2) is 45.7 Å². The number of benzene rings is 1. The Morgan fingerprint density at radius 3 is 2.59 bits per heavy atom. The Morgan fingerprint density at radius 2 is 2.00 bits per heavy atom. The van der Waals surface area contributed by atoms with Gasteiger partial charge in [0.2, 0.25) is 5.95 Å². The third kappa shape index (κ3) is 5.75. The highest BCUT2D eigenvalue weighted by Gasteiger charge is 2.16. The molecule has 8 heteroatoms. The lowest BCUT2D eigenvalue weighted by atomic mass is 9.99. The van der Waals surface area contributed by atoms with Crippen LogP contribution in [0.1, 0.15) is 30.9 Å². The van der Waals surface area contributed by atoms with E-state index in [0.717, 1.165) is 16.9 Å². The Morgan fingerprint density at radius 1 is 1.30 bits per heavy atom. The first-order valence-electron chi connectivity index (χ1n) is 8.63. The molecule has 1 heterocycles. The predicted octanol–water partition coefficient (Wildman–Crippen LogP) is 3.05. The lowest BCUT2D eigenvalue weighted by molar-refractivity contribution is 0.404. The smallest absolute Gasteiger partial charge is 0.222 e. The normalized spacial score (nSPS) is 13.3. The summed E-state index contributed by atoms with van der Waals surface area (Å²) in [4.78, 5) is 8.24. The first-order chi connectivity index (χ1) is 12.6. The molecule has 0 fully saturated rings. The number of hydrogen-bond donors (Lipinski definition) is 2.